The summed E-state index contributed by atoms with van der Waals surface area (Å²) in [5.41, 5.74) is 4.07. The third kappa shape index (κ3) is 4.05. The minimum atomic E-state index is 0.0628. The monoisotopic (exact) mass is 370 g/mol. The van der Waals surface area contributed by atoms with Gasteiger partial charge in [0.05, 0.1) is 12.3 Å². The van der Waals surface area contributed by atoms with Crippen LogP contribution in [0.25, 0.3) is 0 Å². The van der Waals surface area contributed by atoms with Crippen LogP contribution in [0.3, 0.4) is 0 Å². The molecule has 0 amide bonds. The number of hydrogen-bond donors (Lipinski definition) is 1. The quantitative estimate of drug-likeness (QED) is 0.448. The Morgan fingerprint density at radius 3 is 2.92 bits per heavy atom. The SMILES string of the molecule is C#CCO/N=C1\CC(C)(C)Cc2oc(CNc3cccc(Cl)c3)c(C)c21. The average Bonchev–Trinajstić information content (AvgIpc) is 2.87. The van der Waals surface area contributed by atoms with Crippen molar-refractivity contribution in [3.05, 3.63) is 51.9 Å². The summed E-state index contributed by atoms with van der Waals surface area (Å²) in [7, 11) is 0. The van der Waals surface area contributed by atoms with Crippen molar-refractivity contribution in [2.75, 3.05) is 11.9 Å². The summed E-state index contributed by atoms with van der Waals surface area (Å²) in [5.74, 6) is 4.30. The van der Waals surface area contributed by atoms with Gasteiger partial charge in [-0.15, -0.1) is 6.42 Å². The highest BCUT2D eigenvalue weighted by molar-refractivity contribution is 6.30. The average molecular weight is 371 g/mol. The van der Waals surface area contributed by atoms with Crippen LogP contribution in [-0.2, 0) is 17.8 Å². The van der Waals surface area contributed by atoms with Gasteiger partial charge in [0.25, 0.3) is 0 Å². The summed E-state index contributed by atoms with van der Waals surface area (Å²) < 4.78 is 6.19. The van der Waals surface area contributed by atoms with Crippen molar-refractivity contribution in [3.8, 4) is 12.3 Å². The lowest BCUT2D eigenvalue weighted by atomic mass is 9.75. The van der Waals surface area contributed by atoms with Crippen molar-refractivity contribution in [2.45, 2.75) is 40.2 Å². The van der Waals surface area contributed by atoms with Crippen molar-refractivity contribution in [1.82, 2.24) is 0 Å². The zero-order valence-corrected chi connectivity index (χ0v) is 16.1. The molecule has 5 heteroatoms. The van der Waals surface area contributed by atoms with E-state index in [4.69, 9.17) is 27.3 Å². The predicted molar refractivity (Wildman–Crippen MR) is 106 cm³/mol. The highest BCUT2D eigenvalue weighted by Crippen LogP contribution is 2.39. The van der Waals surface area contributed by atoms with Gasteiger partial charge in [0.15, 0.2) is 6.61 Å². The zero-order chi connectivity index (χ0) is 18.7. The van der Waals surface area contributed by atoms with Crippen LogP contribution in [0.15, 0.2) is 33.8 Å². The third-order valence-corrected chi connectivity index (χ3v) is 4.73. The van der Waals surface area contributed by atoms with Gasteiger partial charge in [-0.25, -0.2) is 0 Å². The molecule has 1 heterocycles. The van der Waals surface area contributed by atoms with Gasteiger partial charge in [0, 0.05) is 28.3 Å². The highest BCUT2D eigenvalue weighted by atomic mass is 35.5. The molecule has 3 rings (SSSR count). The number of fused-ring (bicyclic) bond motifs is 1. The first-order valence-corrected chi connectivity index (χ1v) is 9.00. The molecular formula is C21H23ClN2O2. The molecule has 1 aliphatic rings. The van der Waals surface area contributed by atoms with Gasteiger partial charge in [-0.05, 0) is 37.0 Å². The molecule has 1 aromatic heterocycles. The molecule has 0 atom stereocenters. The minimum absolute atomic E-state index is 0.0628. The molecule has 0 aliphatic heterocycles. The van der Waals surface area contributed by atoms with Crippen LogP contribution < -0.4 is 5.32 Å². The molecule has 1 aromatic carbocycles. The van der Waals surface area contributed by atoms with Gasteiger partial charge in [-0.3, -0.25) is 0 Å². The number of nitrogens with zero attached hydrogens (tertiary/aromatic N) is 1. The second kappa shape index (κ2) is 7.47. The summed E-state index contributed by atoms with van der Waals surface area (Å²) >= 11 is 6.04. The molecule has 0 bridgehead atoms. The first kappa shape index (κ1) is 18.4. The Hall–Kier alpha value is -2.38. The maximum atomic E-state index is 6.19. The molecule has 4 nitrogen and oxygen atoms in total. The summed E-state index contributed by atoms with van der Waals surface area (Å²) in [5, 5.41) is 8.36. The number of oxime groups is 1. The number of hydrogen-bond acceptors (Lipinski definition) is 4. The zero-order valence-electron chi connectivity index (χ0n) is 15.4. The van der Waals surface area contributed by atoms with Crippen LogP contribution in [0.1, 0.15) is 42.9 Å². The Morgan fingerprint density at radius 2 is 2.19 bits per heavy atom. The fourth-order valence-electron chi connectivity index (χ4n) is 3.34. The van der Waals surface area contributed by atoms with Crippen LogP contribution in [0.4, 0.5) is 5.69 Å². The van der Waals surface area contributed by atoms with E-state index in [0.717, 1.165) is 46.9 Å². The van der Waals surface area contributed by atoms with E-state index in [1.165, 1.54) is 0 Å². The first-order valence-electron chi connectivity index (χ1n) is 8.63. The molecule has 0 spiro atoms. The Labute approximate surface area is 159 Å². The van der Waals surface area contributed by atoms with Crippen LogP contribution in [-0.4, -0.2) is 12.3 Å². The van der Waals surface area contributed by atoms with Gasteiger partial charge in [0.2, 0.25) is 0 Å². The van der Waals surface area contributed by atoms with Gasteiger partial charge < -0.3 is 14.6 Å². The van der Waals surface area contributed by atoms with Crippen LogP contribution >= 0.6 is 11.6 Å². The van der Waals surface area contributed by atoms with Gasteiger partial charge in [-0.2, -0.15) is 0 Å². The van der Waals surface area contributed by atoms with Crippen LogP contribution in [0.2, 0.25) is 5.02 Å². The van der Waals surface area contributed by atoms with Crippen LogP contribution in [0.5, 0.6) is 0 Å². The number of benzene rings is 1. The van der Waals surface area contributed by atoms with Crippen molar-refractivity contribution < 1.29 is 9.25 Å². The number of anilines is 1. The minimum Gasteiger partial charge on any atom is -0.463 e. The predicted octanol–water partition coefficient (Wildman–Crippen LogP) is 5.18. The normalized spacial score (nSPS) is 16.8. The summed E-state index contributed by atoms with van der Waals surface area (Å²) in [4.78, 5) is 5.26. The maximum Gasteiger partial charge on any atom is 0.177 e. The second-order valence-electron chi connectivity index (χ2n) is 7.35. The molecule has 0 saturated carbocycles. The van der Waals surface area contributed by atoms with E-state index in [0.29, 0.717) is 11.6 Å². The van der Waals surface area contributed by atoms with E-state index in [9.17, 15) is 0 Å². The molecular weight excluding hydrogens is 348 g/mol. The van der Waals surface area contributed by atoms with E-state index < -0.39 is 0 Å². The van der Waals surface area contributed by atoms with Crippen molar-refractivity contribution in [1.29, 1.82) is 0 Å². The molecule has 1 aliphatic carbocycles. The van der Waals surface area contributed by atoms with Crippen molar-refractivity contribution in [3.63, 3.8) is 0 Å². The van der Waals surface area contributed by atoms with E-state index >= 15 is 0 Å². The number of terminal acetylenes is 1. The van der Waals surface area contributed by atoms with Crippen molar-refractivity contribution in [2.24, 2.45) is 10.6 Å². The Balaban J connectivity index is 1.86. The number of nitrogens with one attached hydrogen (secondary N) is 1. The smallest absolute Gasteiger partial charge is 0.177 e. The summed E-state index contributed by atoms with van der Waals surface area (Å²) in [6, 6.07) is 7.64. The van der Waals surface area contributed by atoms with Crippen molar-refractivity contribution >= 4 is 23.0 Å². The number of furan rings is 1. The molecule has 0 fully saturated rings. The number of rotatable bonds is 5. The Kier molecular flexibility index (Phi) is 5.29. The molecule has 136 valence electrons. The van der Waals surface area contributed by atoms with E-state index in [-0.39, 0.29) is 12.0 Å². The maximum absolute atomic E-state index is 6.19. The summed E-state index contributed by atoms with van der Waals surface area (Å²) in [6.45, 7) is 7.21. The Morgan fingerprint density at radius 1 is 1.38 bits per heavy atom. The fourth-order valence-corrected chi connectivity index (χ4v) is 3.53. The molecule has 2 aromatic rings. The van der Waals surface area contributed by atoms with E-state index in [1.807, 2.05) is 24.3 Å². The van der Waals surface area contributed by atoms with Gasteiger partial charge in [-0.1, -0.05) is 42.6 Å². The first-order chi connectivity index (χ1) is 12.4. The van der Waals surface area contributed by atoms with Gasteiger partial charge >= 0.3 is 0 Å². The topological polar surface area (TPSA) is 46.8 Å². The lowest BCUT2D eigenvalue weighted by Gasteiger charge is -2.29. The molecule has 0 saturated heterocycles. The molecule has 1 N–H and O–H groups in total. The standard InChI is InChI=1S/C21H23ClN2O2/c1-5-9-25-24-17-11-21(3,4)12-18-20(17)14(2)19(26-18)13-23-16-8-6-7-15(22)10-16/h1,6-8,10,23H,9,11-13H2,2-4H3/b24-17+. The highest BCUT2D eigenvalue weighted by Gasteiger charge is 2.35. The fraction of sp³-hybridized carbons (Fsp3) is 0.381. The molecule has 0 unspecified atom stereocenters. The van der Waals surface area contributed by atoms with E-state index in [1.54, 1.807) is 0 Å². The van der Waals surface area contributed by atoms with Crippen LogP contribution in [0, 0.1) is 24.7 Å². The largest absolute Gasteiger partial charge is 0.463 e. The number of halogens is 1. The third-order valence-electron chi connectivity index (χ3n) is 4.49. The van der Waals surface area contributed by atoms with E-state index in [2.05, 4.69) is 37.2 Å². The lowest BCUT2D eigenvalue weighted by molar-refractivity contribution is 0.176. The lowest BCUT2D eigenvalue weighted by Crippen LogP contribution is -2.27. The van der Waals surface area contributed by atoms with Gasteiger partial charge in [0.1, 0.15) is 11.5 Å². The molecule has 0 radical (unpaired) electrons. The second-order valence-corrected chi connectivity index (χ2v) is 7.78. The summed E-state index contributed by atoms with van der Waals surface area (Å²) in [6.07, 6.45) is 6.95. The Bertz CT molecular complexity index is 875. The molecule has 26 heavy (non-hydrogen) atoms.